The van der Waals surface area contributed by atoms with Crippen LogP contribution in [0.15, 0.2) is 0 Å². The summed E-state index contributed by atoms with van der Waals surface area (Å²) >= 11 is 0. The van der Waals surface area contributed by atoms with Gasteiger partial charge in [0.05, 0.1) is 25.3 Å². The van der Waals surface area contributed by atoms with Gasteiger partial charge in [-0.3, -0.25) is 0 Å². The molecule has 5 fully saturated rings. The number of rotatable bonds is 6. The highest BCUT2D eigenvalue weighted by atomic mass is 16.5. The second-order valence-electron chi connectivity index (χ2n) is 8.52. The summed E-state index contributed by atoms with van der Waals surface area (Å²) in [4.78, 5) is 0. The average molecular weight is 292 g/mol. The van der Waals surface area contributed by atoms with E-state index in [1.807, 2.05) is 0 Å². The first-order valence-corrected chi connectivity index (χ1v) is 9.83. The molecule has 0 spiro atoms. The van der Waals surface area contributed by atoms with Crippen LogP contribution in [0.4, 0.5) is 0 Å². The van der Waals surface area contributed by atoms with Crippen LogP contribution in [-0.2, 0) is 4.74 Å². The molecule has 0 aromatic heterocycles. The van der Waals surface area contributed by atoms with Crippen molar-refractivity contribution in [3.05, 3.63) is 0 Å². The first-order chi connectivity index (χ1) is 10.4. The topological polar surface area (TPSA) is 25.8 Å². The smallest absolute Gasteiger partial charge is 0.0916 e. The van der Waals surface area contributed by atoms with Crippen LogP contribution in [0.2, 0.25) is 0 Å². The molecule has 0 aliphatic heterocycles. The van der Waals surface area contributed by atoms with Crippen LogP contribution in [0.25, 0.3) is 0 Å². The largest absolute Gasteiger partial charge is 0.378 e. The molecule has 0 atom stereocenters. The van der Waals surface area contributed by atoms with Gasteiger partial charge in [-0.25, -0.2) is 0 Å². The second-order valence-corrected chi connectivity index (χ2v) is 8.52. The standard InChI is InChI=1S/C19H33NO/c1-2-5-18(6-3-1)21-8-4-7-20-19-16-10-14-9-15(12-16)13-17(19)11-14/h14-20H,1-13H2/p+1. The van der Waals surface area contributed by atoms with E-state index in [9.17, 15) is 0 Å². The molecule has 4 bridgehead atoms. The quantitative estimate of drug-likeness (QED) is 0.748. The molecule has 21 heavy (non-hydrogen) atoms. The lowest BCUT2D eigenvalue weighted by Gasteiger charge is -2.52. The molecular weight excluding hydrogens is 258 g/mol. The Balaban J connectivity index is 1.14. The maximum absolute atomic E-state index is 6.07. The van der Waals surface area contributed by atoms with Crippen molar-refractivity contribution >= 4 is 0 Å². The minimum Gasteiger partial charge on any atom is -0.378 e. The SMILES string of the molecule is C1CCC(OCCC[NH2+]C2C3CC4CC(C3)CC2C4)CC1. The first kappa shape index (κ1) is 14.5. The van der Waals surface area contributed by atoms with Gasteiger partial charge in [0.2, 0.25) is 0 Å². The summed E-state index contributed by atoms with van der Waals surface area (Å²) in [5, 5.41) is 2.72. The van der Waals surface area contributed by atoms with Crippen molar-refractivity contribution in [2.45, 2.75) is 82.8 Å². The van der Waals surface area contributed by atoms with Gasteiger partial charge in [-0.05, 0) is 56.8 Å². The van der Waals surface area contributed by atoms with E-state index in [-0.39, 0.29) is 0 Å². The van der Waals surface area contributed by atoms with Crippen molar-refractivity contribution in [3.8, 4) is 0 Å². The van der Waals surface area contributed by atoms with E-state index in [2.05, 4.69) is 5.32 Å². The van der Waals surface area contributed by atoms with Crippen molar-refractivity contribution in [2.24, 2.45) is 23.7 Å². The molecule has 5 saturated carbocycles. The summed E-state index contributed by atoms with van der Waals surface area (Å²) in [6, 6.07) is 0.979. The van der Waals surface area contributed by atoms with Gasteiger partial charge in [-0.1, -0.05) is 19.3 Å². The summed E-state index contributed by atoms with van der Waals surface area (Å²) < 4.78 is 6.07. The molecule has 0 saturated heterocycles. The summed E-state index contributed by atoms with van der Waals surface area (Å²) in [5.41, 5.74) is 0. The fourth-order valence-electron chi connectivity index (χ4n) is 6.23. The van der Waals surface area contributed by atoms with Crippen LogP contribution in [-0.4, -0.2) is 25.3 Å². The normalized spacial score (nSPS) is 42.6. The Kier molecular flexibility index (Phi) is 4.55. The zero-order valence-corrected chi connectivity index (χ0v) is 13.6. The second kappa shape index (κ2) is 6.58. The summed E-state index contributed by atoms with van der Waals surface area (Å²) in [5.74, 6) is 4.37. The highest BCUT2D eigenvalue weighted by Gasteiger charge is 2.49. The third kappa shape index (κ3) is 3.32. The highest BCUT2D eigenvalue weighted by Crippen LogP contribution is 2.52. The van der Waals surface area contributed by atoms with Crippen LogP contribution >= 0.6 is 0 Å². The maximum Gasteiger partial charge on any atom is 0.0916 e. The van der Waals surface area contributed by atoms with Gasteiger partial charge in [-0.15, -0.1) is 0 Å². The Hall–Kier alpha value is -0.0800. The highest BCUT2D eigenvalue weighted by molar-refractivity contribution is 4.97. The molecule has 0 radical (unpaired) electrons. The van der Waals surface area contributed by atoms with E-state index in [1.54, 1.807) is 32.1 Å². The molecular formula is C19H34NO+. The fraction of sp³-hybridized carbons (Fsp3) is 1.00. The Labute approximate surface area is 130 Å². The molecule has 120 valence electrons. The molecule has 0 amide bonds. The lowest BCUT2D eigenvalue weighted by atomic mass is 9.54. The average Bonchev–Trinajstić information content (AvgIpc) is 2.50. The number of nitrogens with two attached hydrogens (primary N) is 1. The molecule has 5 aliphatic rings. The third-order valence-electron chi connectivity index (χ3n) is 6.99. The number of hydrogen-bond acceptors (Lipinski definition) is 1. The van der Waals surface area contributed by atoms with Crippen LogP contribution in [0.1, 0.15) is 70.6 Å². The fourth-order valence-corrected chi connectivity index (χ4v) is 6.23. The van der Waals surface area contributed by atoms with Crippen molar-refractivity contribution in [1.82, 2.24) is 0 Å². The number of hydrogen-bond donors (Lipinski definition) is 1. The van der Waals surface area contributed by atoms with Crippen molar-refractivity contribution in [3.63, 3.8) is 0 Å². The van der Waals surface area contributed by atoms with E-state index in [0.717, 1.165) is 36.3 Å². The molecule has 2 N–H and O–H groups in total. The van der Waals surface area contributed by atoms with Crippen molar-refractivity contribution in [1.29, 1.82) is 0 Å². The summed E-state index contributed by atoms with van der Waals surface area (Å²) in [6.45, 7) is 2.31. The van der Waals surface area contributed by atoms with E-state index < -0.39 is 0 Å². The molecule has 0 unspecified atom stereocenters. The van der Waals surface area contributed by atoms with Crippen LogP contribution in [0, 0.1) is 23.7 Å². The minimum absolute atomic E-state index is 0.597. The van der Waals surface area contributed by atoms with Gasteiger partial charge in [0, 0.05) is 18.3 Å². The Bertz CT molecular complexity index is 308. The first-order valence-electron chi connectivity index (χ1n) is 9.83. The predicted octanol–water partition coefficient (Wildman–Crippen LogP) is 3.11. The molecule has 2 heteroatoms. The van der Waals surface area contributed by atoms with Crippen LogP contribution in [0.5, 0.6) is 0 Å². The Morgan fingerprint density at radius 2 is 1.48 bits per heavy atom. The van der Waals surface area contributed by atoms with Gasteiger partial charge in [-0.2, -0.15) is 0 Å². The Morgan fingerprint density at radius 3 is 2.14 bits per heavy atom. The predicted molar refractivity (Wildman–Crippen MR) is 85.1 cm³/mol. The van der Waals surface area contributed by atoms with Gasteiger partial charge < -0.3 is 10.1 Å². The Morgan fingerprint density at radius 1 is 0.810 bits per heavy atom. The monoisotopic (exact) mass is 292 g/mol. The minimum atomic E-state index is 0.597. The van der Waals surface area contributed by atoms with Gasteiger partial charge in [0.25, 0.3) is 0 Å². The lowest BCUT2D eigenvalue weighted by molar-refractivity contribution is -0.709. The van der Waals surface area contributed by atoms with Gasteiger partial charge in [0.15, 0.2) is 0 Å². The number of quaternary nitrogens is 1. The lowest BCUT2D eigenvalue weighted by Crippen LogP contribution is -2.94. The van der Waals surface area contributed by atoms with E-state index in [1.165, 1.54) is 45.1 Å². The van der Waals surface area contributed by atoms with Crippen LogP contribution in [0.3, 0.4) is 0 Å². The zero-order chi connectivity index (χ0) is 14.1. The molecule has 0 heterocycles. The van der Waals surface area contributed by atoms with E-state index >= 15 is 0 Å². The molecule has 5 aliphatic carbocycles. The van der Waals surface area contributed by atoms with Crippen molar-refractivity contribution in [2.75, 3.05) is 13.2 Å². The van der Waals surface area contributed by atoms with Crippen LogP contribution < -0.4 is 5.32 Å². The van der Waals surface area contributed by atoms with Gasteiger partial charge in [0.1, 0.15) is 0 Å². The maximum atomic E-state index is 6.07. The summed E-state index contributed by atoms with van der Waals surface area (Å²) in [7, 11) is 0. The van der Waals surface area contributed by atoms with E-state index in [0.29, 0.717) is 6.10 Å². The molecule has 5 rings (SSSR count). The third-order valence-corrected chi connectivity index (χ3v) is 6.99. The summed E-state index contributed by atoms with van der Waals surface area (Å²) in [6.07, 6.45) is 16.5. The molecule has 0 aromatic rings. The number of ether oxygens (including phenoxy) is 1. The zero-order valence-electron chi connectivity index (χ0n) is 13.6. The molecule has 2 nitrogen and oxygen atoms in total. The van der Waals surface area contributed by atoms with E-state index in [4.69, 9.17) is 4.74 Å². The van der Waals surface area contributed by atoms with Gasteiger partial charge >= 0.3 is 0 Å². The van der Waals surface area contributed by atoms with Crippen molar-refractivity contribution < 1.29 is 10.1 Å². The molecule has 0 aromatic carbocycles.